The first kappa shape index (κ1) is 24.2. The van der Waals surface area contributed by atoms with E-state index in [1.54, 1.807) is 35.0 Å². The number of hydrogen-bond donors (Lipinski definition) is 2. The average Bonchev–Trinajstić information content (AvgIpc) is 3.29. The zero-order valence-corrected chi connectivity index (χ0v) is 21.0. The Balaban J connectivity index is 1.46. The number of halogens is 3. The van der Waals surface area contributed by atoms with E-state index in [4.69, 9.17) is 23.2 Å². The van der Waals surface area contributed by atoms with E-state index in [0.29, 0.717) is 59.0 Å². The van der Waals surface area contributed by atoms with Crippen LogP contribution < -0.4 is 10.2 Å². The largest absolute Gasteiger partial charge is 0.506 e. The monoisotopic (exact) mass is 527 g/mol. The molecule has 3 heterocycles. The Morgan fingerprint density at radius 3 is 2.42 bits per heavy atom. The number of allylic oxidation sites excluding steroid dienone is 1. The van der Waals surface area contributed by atoms with E-state index in [1.807, 2.05) is 17.9 Å². The van der Waals surface area contributed by atoms with Gasteiger partial charge in [-0.15, -0.1) is 0 Å². The van der Waals surface area contributed by atoms with Crippen LogP contribution in [0.3, 0.4) is 0 Å². The van der Waals surface area contributed by atoms with Crippen LogP contribution in [0, 0.1) is 5.82 Å². The molecule has 1 amide bonds. The van der Waals surface area contributed by atoms with Crippen LogP contribution >= 0.6 is 23.2 Å². The number of aromatic nitrogens is 2. The molecule has 1 fully saturated rings. The summed E-state index contributed by atoms with van der Waals surface area (Å²) in [6, 6.07) is 12.7. The third-order valence-corrected chi connectivity index (χ3v) is 7.26. The van der Waals surface area contributed by atoms with Crippen molar-refractivity contribution in [3.63, 3.8) is 0 Å². The summed E-state index contributed by atoms with van der Waals surface area (Å²) in [7, 11) is 0. The van der Waals surface area contributed by atoms with Crippen molar-refractivity contribution in [2.24, 2.45) is 0 Å². The lowest BCUT2D eigenvalue weighted by atomic mass is 9.94. The minimum Gasteiger partial charge on any atom is -0.506 e. The Hall–Kier alpha value is -3.49. The van der Waals surface area contributed by atoms with Gasteiger partial charge < -0.3 is 20.2 Å². The van der Waals surface area contributed by atoms with Gasteiger partial charge in [-0.05, 0) is 48.9 Å². The van der Waals surface area contributed by atoms with E-state index in [2.05, 4.69) is 21.9 Å². The molecule has 0 radical (unpaired) electrons. The van der Waals surface area contributed by atoms with E-state index >= 15 is 0 Å². The Morgan fingerprint density at radius 1 is 1.08 bits per heavy atom. The maximum absolute atomic E-state index is 13.9. The van der Waals surface area contributed by atoms with Crippen molar-refractivity contribution in [3.8, 4) is 0 Å². The molecule has 5 rings (SSSR count). The molecule has 186 valence electrons. The molecule has 1 atom stereocenters. The number of anilines is 2. The SMILES string of the molecule is C=C(O)c1cc2n(n1)C(c1ccc(Cl)c(Cl)c1)C(C(=O)N1CCN(c3ccc(F)cc3)CC1)=C(C)N2. The standard InChI is InChI=1S/C26H24Cl2FN5O2/c1-15-24(26(36)33-11-9-32(10-12-33)19-6-4-18(29)5-7-19)25(17-3-8-20(27)21(28)13-17)34-23(30-15)14-22(31-34)16(2)35/h3-8,13-14,25,30,35H,2,9-12H2,1H3. The van der Waals surface area contributed by atoms with E-state index < -0.39 is 6.04 Å². The predicted molar refractivity (Wildman–Crippen MR) is 140 cm³/mol. The Labute approximate surface area is 218 Å². The van der Waals surface area contributed by atoms with Gasteiger partial charge in [-0.2, -0.15) is 5.10 Å². The Bertz CT molecular complexity index is 1380. The summed E-state index contributed by atoms with van der Waals surface area (Å²) in [5, 5.41) is 18.5. The number of nitrogens with one attached hydrogen (secondary N) is 1. The third kappa shape index (κ3) is 4.42. The molecule has 0 aliphatic carbocycles. The maximum Gasteiger partial charge on any atom is 0.254 e. The molecule has 3 aromatic rings. The van der Waals surface area contributed by atoms with Crippen LogP contribution in [0.1, 0.15) is 24.2 Å². The number of aliphatic hydroxyl groups is 1. The average molecular weight is 528 g/mol. The van der Waals surface area contributed by atoms with E-state index in [9.17, 15) is 14.3 Å². The van der Waals surface area contributed by atoms with Gasteiger partial charge in [0, 0.05) is 43.6 Å². The van der Waals surface area contributed by atoms with E-state index in [1.165, 1.54) is 12.1 Å². The van der Waals surface area contributed by atoms with Crippen molar-refractivity contribution in [1.29, 1.82) is 0 Å². The van der Waals surface area contributed by atoms with Crippen molar-refractivity contribution >= 4 is 46.4 Å². The van der Waals surface area contributed by atoms with Crippen LogP contribution in [0.15, 0.2) is 66.4 Å². The second kappa shape index (κ2) is 9.52. The smallest absolute Gasteiger partial charge is 0.254 e. The molecule has 2 aliphatic heterocycles. The van der Waals surface area contributed by atoms with Gasteiger partial charge in [-0.25, -0.2) is 9.07 Å². The summed E-state index contributed by atoms with van der Waals surface area (Å²) >= 11 is 12.5. The molecule has 0 saturated carbocycles. The van der Waals surface area contributed by atoms with Crippen LogP contribution in [0.25, 0.3) is 5.76 Å². The number of piperazine rings is 1. The highest BCUT2D eigenvalue weighted by atomic mass is 35.5. The molecule has 10 heteroatoms. The molecular weight excluding hydrogens is 504 g/mol. The molecule has 1 saturated heterocycles. The Kier molecular flexibility index (Phi) is 6.40. The minimum absolute atomic E-state index is 0.125. The first-order valence-corrected chi connectivity index (χ1v) is 12.2. The van der Waals surface area contributed by atoms with Crippen molar-refractivity contribution in [2.75, 3.05) is 36.4 Å². The minimum atomic E-state index is -0.591. The molecule has 36 heavy (non-hydrogen) atoms. The molecule has 1 unspecified atom stereocenters. The number of carbonyl (C=O) groups excluding carboxylic acids is 1. The zero-order valence-electron chi connectivity index (χ0n) is 19.5. The lowest BCUT2D eigenvalue weighted by Crippen LogP contribution is -2.50. The van der Waals surface area contributed by atoms with Crippen LogP contribution in [0.2, 0.25) is 10.0 Å². The van der Waals surface area contributed by atoms with E-state index in [0.717, 1.165) is 11.3 Å². The second-order valence-electron chi connectivity index (χ2n) is 8.80. The summed E-state index contributed by atoms with van der Waals surface area (Å²) in [5.41, 5.74) is 3.16. The number of benzene rings is 2. The molecule has 0 bridgehead atoms. The van der Waals surface area contributed by atoms with Crippen molar-refractivity contribution in [1.82, 2.24) is 14.7 Å². The van der Waals surface area contributed by atoms with Gasteiger partial charge in [0.25, 0.3) is 5.91 Å². The highest BCUT2D eigenvalue weighted by Crippen LogP contribution is 2.39. The second-order valence-corrected chi connectivity index (χ2v) is 9.62. The number of amides is 1. The molecule has 2 aliphatic rings. The first-order chi connectivity index (χ1) is 17.2. The number of fused-ring (bicyclic) bond motifs is 1. The molecule has 1 aromatic heterocycles. The maximum atomic E-state index is 13.9. The van der Waals surface area contributed by atoms with Gasteiger partial charge in [0.2, 0.25) is 0 Å². The lowest BCUT2D eigenvalue weighted by Gasteiger charge is -2.38. The molecular formula is C26H24Cl2FN5O2. The van der Waals surface area contributed by atoms with Gasteiger partial charge in [0.15, 0.2) is 0 Å². The zero-order chi connectivity index (χ0) is 25.6. The number of aliphatic hydroxyl groups excluding tert-OH is 1. The van der Waals surface area contributed by atoms with Gasteiger partial charge in [-0.1, -0.05) is 35.8 Å². The topological polar surface area (TPSA) is 73.6 Å². The summed E-state index contributed by atoms with van der Waals surface area (Å²) in [5.74, 6) is 0.0416. The Morgan fingerprint density at radius 2 is 1.78 bits per heavy atom. The molecule has 2 N–H and O–H groups in total. The van der Waals surface area contributed by atoms with Crippen molar-refractivity contribution in [2.45, 2.75) is 13.0 Å². The lowest BCUT2D eigenvalue weighted by molar-refractivity contribution is -0.128. The van der Waals surface area contributed by atoms with Gasteiger partial charge in [-0.3, -0.25) is 4.79 Å². The summed E-state index contributed by atoms with van der Waals surface area (Å²) in [6.07, 6.45) is 0. The fourth-order valence-electron chi connectivity index (χ4n) is 4.67. The van der Waals surface area contributed by atoms with Gasteiger partial charge in [0.1, 0.15) is 29.1 Å². The van der Waals surface area contributed by atoms with Gasteiger partial charge in [0.05, 0.1) is 15.6 Å². The van der Waals surface area contributed by atoms with Crippen LogP contribution in [-0.2, 0) is 4.79 Å². The fraction of sp³-hybridized carbons (Fsp3) is 0.231. The molecule has 0 spiro atoms. The summed E-state index contributed by atoms with van der Waals surface area (Å²) < 4.78 is 15.0. The third-order valence-electron chi connectivity index (χ3n) is 6.52. The fourth-order valence-corrected chi connectivity index (χ4v) is 4.98. The van der Waals surface area contributed by atoms with Crippen LogP contribution in [0.4, 0.5) is 15.9 Å². The van der Waals surface area contributed by atoms with Crippen LogP contribution in [0.5, 0.6) is 0 Å². The van der Waals surface area contributed by atoms with Crippen molar-refractivity contribution in [3.05, 3.63) is 93.5 Å². The summed E-state index contributed by atoms with van der Waals surface area (Å²) in [4.78, 5) is 17.9. The van der Waals surface area contributed by atoms with Crippen LogP contribution in [-0.4, -0.2) is 51.9 Å². The predicted octanol–water partition coefficient (Wildman–Crippen LogP) is 5.50. The molecule has 2 aromatic carbocycles. The quantitative estimate of drug-likeness (QED) is 0.438. The number of hydrogen-bond acceptors (Lipinski definition) is 5. The number of carbonyl (C=O) groups is 1. The van der Waals surface area contributed by atoms with Gasteiger partial charge >= 0.3 is 0 Å². The number of rotatable bonds is 4. The highest BCUT2D eigenvalue weighted by molar-refractivity contribution is 6.42. The summed E-state index contributed by atoms with van der Waals surface area (Å²) in [6.45, 7) is 7.67. The number of nitrogens with zero attached hydrogens (tertiary/aromatic N) is 4. The van der Waals surface area contributed by atoms with E-state index in [-0.39, 0.29) is 17.5 Å². The normalized spacial score (nSPS) is 17.6. The highest BCUT2D eigenvalue weighted by Gasteiger charge is 2.36. The van der Waals surface area contributed by atoms with Crippen molar-refractivity contribution < 1.29 is 14.3 Å². The first-order valence-electron chi connectivity index (χ1n) is 11.4. The molecule has 7 nitrogen and oxygen atoms in total.